The van der Waals surface area contributed by atoms with Crippen LogP contribution in [0, 0.1) is 5.92 Å². The number of carbonyl (C=O) groups is 1. The molecule has 2 unspecified atom stereocenters. The van der Waals surface area contributed by atoms with Crippen LogP contribution >= 0.6 is 11.8 Å². The Balaban J connectivity index is 2.57. The Kier molecular flexibility index (Phi) is 3.40. The average molecular weight is 189 g/mol. The highest BCUT2D eigenvalue weighted by atomic mass is 32.2. The van der Waals surface area contributed by atoms with E-state index in [4.69, 9.17) is 4.74 Å². The molecule has 1 heterocycles. The van der Waals surface area contributed by atoms with E-state index >= 15 is 0 Å². The number of esters is 1. The van der Waals surface area contributed by atoms with E-state index in [1.54, 1.807) is 11.8 Å². The van der Waals surface area contributed by atoms with Gasteiger partial charge in [0, 0.05) is 11.1 Å². The van der Waals surface area contributed by atoms with E-state index in [2.05, 4.69) is 19.2 Å². The molecular formula is C8H15NO2S. The molecule has 1 N–H and O–H groups in total. The van der Waals surface area contributed by atoms with E-state index in [-0.39, 0.29) is 12.0 Å². The molecule has 70 valence electrons. The topological polar surface area (TPSA) is 38.3 Å². The first-order valence-corrected chi connectivity index (χ1v) is 5.14. The monoisotopic (exact) mass is 189 g/mol. The molecule has 0 aromatic heterocycles. The van der Waals surface area contributed by atoms with Crippen LogP contribution in [0.3, 0.4) is 0 Å². The van der Waals surface area contributed by atoms with Gasteiger partial charge in [0.25, 0.3) is 0 Å². The second-order valence-electron chi connectivity index (χ2n) is 3.22. The lowest BCUT2D eigenvalue weighted by Crippen LogP contribution is -2.41. The minimum atomic E-state index is -0.140. The van der Waals surface area contributed by atoms with Crippen LogP contribution in [0.4, 0.5) is 0 Å². The highest BCUT2D eigenvalue weighted by Crippen LogP contribution is 2.27. The van der Waals surface area contributed by atoms with E-state index in [1.807, 2.05) is 0 Å². The Labute approximate surface area is 77.2 Å². The highest BCUT2D eigenvalue weighted by molar-refractivity contribution is 8.00. The van der Waals surface area contributed by atoms with Gasteiger partial charge in [-0.05, 0) is 5.92 Å². The number of nitrogens with one attached hydrogen (secondary N) is 1. The largest absolute Gasteiger partial charge is 0.468 e. The molecule has 12 heavy (non-hydrogen) atoms. The van der Waals surface area contributed by atoms with Gasteiger partial charge in [-0.15, -0.1) is 11.8 Å². The van der Waals surface area contributed by atoms with Crippen LogP contribution in [0.1, 0.15) is 13.8 Å². The molecule has 0 saturated carbocycles. The number of hydrogen-bond donors (Lipinski definition) is 1. The lowest BCUT2D eigenvalue weighted by molar-refractivity contribution is -0.143. The van der Waals surface area contributed by atoms with Gasteiger partial charge in [-0.1, -0.05) is 13.8 Å². The molecule has 1 saturated heterocycles. The molecule has 0 amide bonds. The fourth-order valence-corrected chi connectivity index (χ4v) is 2.62. The Bertz CT molecular complexity index is 172. The summed E-state index contributed by atoms with van der Waals surface area (Å²) in [5.74, 6) is 1.22. The van der Waals surface area contributed by atoms with Crippen molar-refractivity contribution in [2.75, 3.05) is 13.0 Å². The van der Waals surface area contributed by atoms with E-state index < -0.39 is 0 Å². The highest BCUT2D eigenvalue weighted by Gasteiger charge is 2.35. The molecule has 1 aliphatic heterocycles. The second kappa shape index (κ2) is 4.14. The van der Waals surface area contributed by atoms with Crippen LogP contribution in [-0.2, 0) is 9.53 Å². The lowest BCUT2D eigenvalue weighted by Gasteiger charge is -2.19. The maximum absolute atomic E-state index is 11.2. The minimum Gasteiger partial charge on any atom is -0.468 e. The molecule has 1 rings (SSSR count). The Morgan fingerprint density at radius 1 is 1.67 bits per heavy atom. The first kappa shape index (κ1) is 9.86. The molecule has 1 fully saturated rings. The van der Waals surface area contributed by atoms with Crippen LogP contribution in [0.2, 0.25) is 0 Å². The van der Waals surface area contributed by atoms with E-state index in [1.165, 1.54) is 7.11 Å². The first-order valence-electron chi connectivity index (χ1n) is 4.09. The predicted octanol–water partition coefficient (Wildman–Crippen LogP) is 0.846. The fourth-order valence-electron chi connectivity index (χ4n) is 1.37. The summed E-state index contributed by atoms with van der Waals surface area (Å²) in [6, 6.07) is -0.111. The van der Waals surface area contributed by atoms with Crippen LogP contribution in [0.5, 0.6) is 0 Å². The van der Waals surface area contributed by atoms with Gasteiger partial charge in [0.2, 0.25) is 0 Å². The van der Waals surface area contributed by atoms with Crippen molar-refractivity contribution in [3.8, 4) is 0 Å². The van der Waals surface area contributed by atoms with Crippen molar-refractivity contribution >= 4 is 17.7 Å². The number of ether oxygens (including phenoxy) is 1. The predicted molar refractivity (Wildman–Crippen MR) is 50.0 cm³/mol. The minimum absolute atomic E-state index is 0.111. The maximum atomic E-state index is 11.2. The Morgan fingerprint density at radius 2 is 2.33 bits per heavy atom. The number of thioether (sulfide) groups is 1. The van der Waals surface area contributed by atoms with Crippen molar-refractivity contribution < 1.29 is 9.53 Å². The van der Waals surface area contributed by atoms with Gasteiger partial charge >= 0.3 is 5.97 Å². The molecule has 0 bridgehead atoms. The summed E-state index contributed by atoms with van der Waals surface area (Å²) in [5.41, 5.74) is 0. The average Bonchev–Trinajstić information content (AvgIpc) is 2.50. The number of rotatable bonds is 2. The molecule has 0 aliphatic carbocycles. The van der Waals surface area contributed by atoms with Crippen molar-refractivity contribution in [2.24, 2.45) is 5.92 Å². The van der Waals surface area contributed by atoms with Crippen molar-refractivity contribution in [2.45, 2.75) is 25.1 Å². The van der Waals surface area contributed by atoms with Gasteiger partial charge in [-0.25, -0.2) is 0 Å². The lowest BCUT2D eigenvalue weighted by atomic mass is 10.0. The van der Waals surface area contributed by atoms with Crippen molar-refractivity contribution in [1.82, 2.24) is 5.32 Å². The maximum Gasteiger partial charge on any atom is 0.324 e. The van der Waals surface area contributed by atoms with E-state index in [9.17, 15) is 4.79 Å². The molecule has 0 aromatic carbocycles. The van der Waals surface area contributed by atoms with Gasteiger partial charge in [-0.2, -0.15) is 0 Å². The number of hydrogen-bond acceptors (Lipinski definition) is 4. The first-order chi connectivity index (χ1) is 5.66. The third-order valence-corrected chi connectivity index (χ3v) is 3.55. The van der Waals surface area contributed by atoms with Crippen LogP contribution in [-0.4, -0.2) is 30.2 Å². The molecule has 0 aromatic rings. The summed E-state index contributed by atoms with van der Waals surface area (Å²) >= 11 is 1.79. The second-order valence-corrected chi connectivity index (χ2v) is 4.39. The van der Waals surface area contributed by atoms with Crippen molar-refractivity contribution in [3.63, 3.8) is 0 Å². The summed E-state index contributed by atoms with van der Waals surface area (Å²) in [4.78, 5) is 11.2. The quantitative estimate of drug-likeness (QED) is 0.653. The zero-order valence-corrected chi connectivity index (χ0v) is 8.48. The summed E-state index contributed by atoms with van der Waals surface area (Å²) in [6.45, 7) is 4.25. The molecular weight excluding hydrogens is 174 g/mol. The van der Waals surface area contributed by atoms with E-state index in [0.717, 1.165) is 5.88 Å². The number of carbonyl (C=O) groups excluding carboxylic acids is 1. The van der Waals surface area contributed by atoms with Crippen molar-refractivity contribution in [3.05, 3.63) is 0 Å². The molecule has 0 spiro atoms. The van der Waals surface area contributed by atoms with Gasteiger partial charge in [-0.3, -0.25) is 10.1 Å². The third kappa shape index (κ3) is 1.93. The smallest absolute Gasteiger partial charge is 0.324 e. The molecule has 0 radical (unpaired) electrons. The summed E-state index contributed by atoms with van der Waals surface area (Å²) in [7, 11) is 1.43. The Morgan fingerprint density at radius 3 is 2.83 bits per heavy atom. The molecule has 4 heteroatoms. The molecule has 3 nitrogen and oxygen atoms in total. The SMILES string of the molecule is COC(=O)C1NCSC1C(C)C. The Hall–Kier alpha value is -0.220. The van der Waals surface area contributed by atoms with Crippen LogP contribution in [0.15, 0.2) is 0 Å². The summed E-state index contributed by atoms with van der Waals surface area (Å²) in [6.07, 6.45) is 0. The van der Waals surface area contributed by atoms with Gasteiger partial charge in [0.15, 0.2) is 0 Å². The zero-order valence-electron chi connectivity index (χ0n) is 7.66. The third-order valence-electron chi connectivity index (χ3n) is 2.02. The van der Waals surface area contributed by atoms with Gasteiger partial charge in [0.1, 0.15) is 6.04 Å². The standard InChI is InChI=1S/C8H15NO2S/c1-5(2)7-6(8(10)11-3)9-4-12-7/h5-7,9H,4H2,1-3H3. The number of methoxy groups -OCH3 is 1. The normalized spacial score (nSPS) is 29.3. The summed E-state index contributed by atoms with van der Waals surface area (Å²) in [5, 5.41) is 3.49. The van der Waals surface area contributed by atoms with Gasteiger partial charge < -0.3 is 4.74 Å². The van der Waals surface area contributed by atoms with Crippen LogP contribution < -0.4 is 5.32 Å². The zero-order chi connectivity index (χ0) is 9.14. The van der Waals surface area contributed by atoms with Gasteiger partial charge in [0.05, 0.1) is 7.11 Å². The molecule has 2 atom stereocenters. The van der Waals surface area contributed by atoms with Crippen molar-refractivity contribution in [1.29, 1.82) is 0 Å². The van der Waals surface area contributed by atoms with E-state index in [0.29, 0.717) is 11.2 Å². The molecule has 1 aliphatic rings. The fraction of sp³-hybridized carbons (Fsp3) is 0.875. The van der Waals surface area contributed by atoms with Crippen LogP contribution in [0.25, 0.3) is 0 Å². The summed E-state index contributed by atoms with van der Waals surface area (Å²) < 4.78 is 4.70.